The summed E-state index contributed by atoms with van der Waals surface area (Å²) >= 11 is 0. The van der Waals surface area contributed by atoms with Crippen LogP contribution in [0.1, 0.15) is 32.3 Å². The van der Waals surface area contributed by atoms with Crippen molar-refractivity contribution in [2.24, 2.45) is 4.99 Å². The first-order valence-corrected chi connectivity index (χ1v) is 9.96. The molecule has 0 saturated heterocycles. The van der Waals surface area contributed by atoms with Crippen LogP contribution in [-0.2, 0) is 6.54 Å². The van der Waals surface area contributed by atoms with Crippen LogP contribution in [0.15, 0.2) is 41.5 Å². The van der Waals surface area contributed by atoms with Crippen LogP contribution in [-0.4, -0.2) is 50.2 Å². The number of guanidine groups is 1. The topological polar surface area (TPSA) is 68.2 Å². The number of nitrogens with one attached hydrogen (secondary N) is 1. The molecule has 1 heterocycles. The molecule has 0 aliphatic heterocycles. The van der Waals surface area contributed by atoms with Gasteiger partial charge in [0, 0.05) is 32.4 Å². The summed E-state index contributed by atoms with van der Waals surface area (Å²) < 4.78 is 16.6. The molecule has 158 valence electrons. The maximum Gasteiger partial charge on any atom is 0.219 e. The third-order valence-electron chi connectivity index (χ3n) is 4.34. The summed E-state index contributed by atoms with van der Waals surface area (Å²) in [6.45, 7) is 6.62. The number of hydrogen-bond acceptors (Lipinski definition) is 5. The van der Waals surface area contributed by atoms with Gasteiger partial charge < -0.3 is 24.4 Å². The van der Waals surface area contributed by atoms with Crippen LogP contribution < -0.4 is 19.5 Å². The predicted octanol–water partition coefficient (Wildman–Crippen LogP) is 4.09. The molecule has 0 radical (unpaired) electrons. The summed E-state index contributed by atoms with van der Waals surface area (Å²) in [6, 6.07) is 9.27. The Hall–Kier alpha value is -2.96. The van der Waals surface area contributed by atoms with Crippen LogP contribution in [0.5, 0.6) is 23.1 Å². The van der Waals surface area contributed by atoms with E-state index in [-0.39, 0.29) is 0 Å². The van der Waals surface area contributed by atoms with Gasteiger partial charge >= 0.3 is 0 Å². The first-order valence-electron chi connectivity index (χ1n) is 9.96. The molecular formula is C22H32N4O3. The van der Waals surface area contributed by atoms with Crippen molar-refractivity contribution in [2.45, 2.75) is 33.2 Å². The number of nitrogens with zero attached hydrogens (tertiary/aromatic N) is 3. The fourth-order valence-electron chi connectivity index (χ4n) is 2.72. The molecule has 0 saturated carbocycles. The van der Waals surface area contributed by atoms with Crippen LogP contribution in [0.4, 0.5) is 0 Å². The van der Waals surface area contributed by atoms with Crippen molar-refractivity contribution in [1.82, 2.24) is 15.2 Å². The van der Waals surface area contributed by atoms with Crippen molar-refractivity contribution >= 4 is 5.96 Å². The van der Waals surface area contributed by atoms with Gasteiger partial charge in [0.15, 0.2) is 17.5 Å². The van der Waals surface area contributed by atoms with Crippen LogP contribution in [0, 0.1) is 0 Å². The van der Waals surface area contributed by atoms with Gasteiger partial charge in [0.2, 0.25) is 11.6 Å². The highest BCUT2D eigenvalue weighted by atomic mass is 16.5. The third kappa shape index (κ3) is 6.55. The zero-order valence-corrected chi connectivity index (χ0v) is 18.1. The Morgan fingerprint density at radius 3 is 2.38 bits per heavy atom. The molecule has 0 fully saturated rings. The van der Waals surface area contributed by atoms with Gasteiger partial charge in [-0.05, 0) is 31.0 Å². The Morgan fingerprint density at radius 1 is 1.10 bits per heavy atom. The van der Waals surface area contributed by atoms with E-state index in [1.165, 1.54) is 0 Å². The molecule has 1 aromatic carbocycles. The smallest absolute Gasteiger partial charge is 0.219 e. The summed E-state index contributed by atoms with van der Waals surface area (Å²) in [6.07, 6.45) is 4.07. The molecule has 0 aliphatic carbocycles. The highest BCUT2D eigenvalue weighted by Gasteiger charge is 2.13. The normalized spacial score (nSPS) is 11.1. The minimum absolute atomic E-state index is 0.465. The minimum atomic E-state index is 0.465. The fourth-order valence-corrected chi connectivity index (χ4v) is 2.72. The molecular weight excluding hydrogens is 368 g/mol. The Kier molecular flexibility index (Phi) is 9.08. The predicted molar refractivity (Wildman–Crippen MR) is 116 cm³/mol. The van der Waals surface area contributed by atoms with Crippen molar-refractivity contribution in [3.63, 3.8) is 0 Å². The van der Waals surface area contributed by atoms with Crippen LogP contribution in [0.3, 0.4) is 0 Å². The van der Waals surface area contributed by atoms with Gasteiger partial charge in [-0.1, -0.05) is 25.5 Å². The largest absolute Gasteiger partial charge is 0.493 e. The summed E-state index contributed by atoms with van der Waals surface area (Å²) in [7, 11) is 5.25. The molecule has 0 aliphatic rings. The zero-order chi connectivity index (χ0) is 21.1. The number of hydrogen-bond donors (Lipinski definition) is 1. The van der Waals surface area contributed by atoms with E-state index in [1.807, 2.05) is 30.3 Å². The molecule has 0 atom stereocenters. The number of benzene rings is 1. The second kappa shape index (κ2) is 11.8. The minimum Gasteiger partial charge on any atom is -0.493 e. The quantitative estimate of drug-likeness (QED) is 0.479. The third-order valence-corrected chi connectivity index (χ3v) is 4.34. The molecule has 29 heavy (non-hydrogen) atoms. The van der Waals surface area contributed by atoms with Crippen molar-refractivity contribution < 1.29 is 14.2 Å². The monoisotopic (exact) mass is 400 g/mol. The van der Waals surface area contributed by atoms with Crippen molar-refractivity contribution in [3.8, 4) is 23.1 Å². The molecule has 2 rings (SSSR count). The average molecular weight is 401 g/mol. The first kappa shape index (κ1) is 22.3. The second-order valence-electron chi connectivity index (χ2n) is 6.54. The molecule has 0 bridgehead atoms. The fraction of sp³-hybridized carbons (Fsp3) is 0.455. The molecule has 0 unspecified atom stereocenters. The Labute approximate surface area is 173 Å². The summed E-state index contributed by atoms with van der Waals surface area (Å²) in [5, 5.41) is 3.33. The summed E-state index contributed by atoms with van der Waals surface area (Å²) in [5.74, 6) is 3.05. The number of ether oxygens (including phenoxy) is 3. The molecule has 7 heteroatoms. The van der Waals surface area contributed by atoms with Crippen LogP contribution >= 0.6 is 0 Å². The van der Waals surface area contributed by atoms with E-state index in [0.29, 0.717) is 29.7 Å². The van der Waals surface area contributed by atoms with Gasteiger partial charge in [-0.15, -0.1) is 0 Å². The molecule has 1 aromatic heterocycles. The van der Waals surface area contributed by atoms with Gasteiger partial charge in [0.05, 0.1) is 20.8 Å². The number of unbranched alkanes of at least 4 members (excludes halogenated alkanes) is 1. The lowest BCUT2D eigenvalue weighted by atomic mass is 10.3. The van der Waals surface area contributed by atoms with E-state index in [0.717, 1.165) is 37.5 Å². The van der Waals surface area contributed by atoms with E-state index >= 15 is 0 Å². The second-order valence-corrected chi connectivity index (χ2v) is 6.54. The van der Waals surface area contributed by atoms with Crippen molar-refractivity contribution in [2.75, 3.05) is 34.4 Å². The van der Waals surface area contributed by atoms with E-state index in [2.05, 4.69) is 36.1 Å². The van der Waals surface area contributed by atoms with Gasteiger partial charge in [-0.3, -0.25) is 0 Å². The number of rotatable bonds is 10. The number of aromatic nitrogens is 1. The van der Waals surface area contributed by atoms with E-state index < -0.39 is 0 Å². The Balaban J connectivity index is 2.08. The van der Waals surface area contributed by atoms with Crippen LogP contribution in [0.2, 0.25) is 0 Å². The molecule has 0 amide bonds. The van der Waals surface area contributed by atoms with E-state index in [4.69, 9.17) is 19.2 Å². The summed E-state index contributed by atoms with van der Waals surface area (Å²) in [4.78, 5) is 11.3. The lowest BCUT2D eigenvalue weighted by Gasteiger charge is -2.21. The van der Waals surface area contributed by atoms with Gasteiger partial charge in [0.1, 0.15) is 0 Å². The lowest BCUT2D eigenvalue weighted by molar-refractivity contribution is 0.342. The Bertz CT molecular complexity index is 756. The number of methoxy groups -OCH3 is 2. The number of pyridine rings is 1. The lowest BCUT2D eigenvalue weighted by Crippen LogP contribution is -2.39. The number of para-hydroxylation sites is 1. The van der Waals surface area contributed by atoms with Gasteiger partial charge in [-0.25, -0.2) is 9.98 Å². The summed E-state index contributed by atoms with van der Waals surface area (Å²) in [5.41, 5.74) is 1.00. The average Bonchev–Trinajstić information content (AvgIpc) is 2.76. The van der Waals surface area contributed by atoms with Gasteiger partial charge in [-0.2, -0.15) is 0 Å². The van der Waals surface area contributed by atoms with Crippen LogP contribution in [0.25, 0.3) is 0 Å². The molecule has 2 aromatic rings. The van der Waals surface area contributed by atoms with Crippen molar-refractivity contribution in [1.29, 1.82) is 0 Å². The highest BCUT2D eigenvalue weighted by Crippen LogP contribution is 2.39. The maximum atomic E-state index is 5.91. The maximum absolute atomic E-state index is 5.91. The zero-order valence-electron chi connectivity index (χ0n) is 18.1. The SMILES string of the molecule is CCCCN(C)C(=NCc1ccc(Oc2c(OC)cccc2OC)nc1)NCC. The number of aliphatic imine (C=N–C) groups is 1. The Morgan fingerprint density at radius 2 is 1.83 bits per heavy atom. The van der Waals surface area contributed by atoms with Gasteiger partial charge in [0.25, 0.3) is 0 Å². The highest BCUT2D eigenvalue weighted by molar-refractivity contribution is 5.79. The standard InChI is InChI=1S/C22H32N4O3/c1-6-8-14-26(3)22(23-7-2)25-16-17-12-13-20(24-15-17)29-21-18(27-4)10-9-11-19(21)28-5/h9-13,15H,6-8,14,16H2,1-5H3,(H,23,25). The first-order chi connectivity index (χ1) is 14.1. The van der Waals surface area contributed by atoms with E-state index in [9.17, 15) is 0 Å². The molecule has 0 spiro atoms. The van der Waals surface area contributed by atoms with Crippen molar-refractivity contribution in [3.05, 3.63) is 42.1 Å². The van der Waals surface area contributed by atoms with E-state index in [1.54, 1.807) is 20.4 Å². The molecule has 7 nitrogen and oxygen atoms in total. The molecule has 1 N–H and O–H groups in total.